The molecule has 0 aliphatic rings. The van der Waals surface area contributed by atoms with E-state index in [9.17, 15) is 0 Å². The smallest absolute Gasteiger partial charge is 0.121 e. The van der Waals surface area contributed by atoms with Gasteiger partial charge in [0.1, 0.15) is 16.8 Å². The number of benzene rings is 2. The second-order valence-corrected chi connectivity index (χ2v) is 5.26. The molecule has 5 heteroatoms. The van der Waals surface area contributed by atoms with Gasteiger partial charge in [-0.05, 0) is 57.2 Å². The minimum atomic E-state index is 0.645. The number of nitrogens with zero attached hydrogens (tertiary/aromatic N) is 4. The van der Waals surface area contributed by atoms with Crippen LogP contribution in [0, 0.1) is 0 Å². The predicted octanol–water partition coefficient (Wildman–Crippen LogP) is 3.67. The molecule has 0 fully saturated rings. The van der Waals surface area contributed by atoms with Crippen molar-refractivity contribution in [3.8, 4) is 11.4 Å². The van der Waals surface area contributed by atoms with Crippen LogP contribution in [0.25, 0.3) is 16.7 Å². The van der Waals surface area contributed by atoms with Crippen LogP contribution in [0.15, 0.2) is 42.5 Å². The summed E-state index contributed by atoms with van der Waals surface area (Å²) in [6.45, 7) is 8.94. The first-order valence-corrected chi connectivity index (χ1v) is 8.10. The molecule has 1 heterocycles. The Morgan fingerprint density at radius 1 is 0.913 bits per heavy atom. The molecule has 3 rings (SSSR count). The third-order valence-corrected chi connectivity index (χ3v) is 3.87. The van der Waals surface area contributed by atoms with Gasteiger partial charge in [-0.3, -0.25) is 0 Å². The van der Waals surface area contributed by atoms with E-state index in [1.165, 1.54) is 5.69 Å². The lowest BCUT2D eigenvalue weighted by molar-refractivity contribution is 0.340. The Bertz CT molecular complexity index is 775. The summed E-state index contributed by atoms with van der Waals surface area (Å²) in [5, 5.41) is 9.09. The van der Waals surface area contributed by atoms with Gasteiger partial charge in [0.05, 0.1) is 12.3 Å². The maximum atomic E-state index is 5.51. The van der Waals surface area contributed by atoms with Gasteiger partial charge in [-0.2, -0.15) is 4.80 Å². The van der Waals surface area contributed by atoms with Crippen LogP contribution in [0.3, 0.4) is 0 Å². The van der Waals surface area contributed by atoms with Crippen LogP contribution in [0.1, 0.15) is 20.8 Å². The third kappa shape index (κ3) is 3.13. The largest absolute Gasteiger partial charge is 0.494 e. The van der Waals surface area contributed by atoms with Gasteiger partial charge in [0, 0.05) is 24.8 Å². The molecule has 0 bridgehead atoms. The Hall–Kier alpha value is -2.56. The summed E-state index contributed by atoms with van der Waals surface area (Å²) >= 11 is 0. The van der Waals surface area contributed by atoms with Crippen molar-refractivity contribution in [2.75, 3.05) is 24.6 Å². The number of rotatable bonds is 6. The second kappa shape index (κ2) is 6.69. The van der Waals surface area contributed by atoms with E-state index in [4.69, 9.17) is 4.74 Å². The molecule has 0 aliphatic carbocycles. The fourth-order valence-corrected chi connectivity index (χ4v) is 2.65. The first-order chi connectivity index (χ1) is 11.2. The number of anilines is 1. The molecular weight excluding hydrogens is 288 g/mol. The normalized spacial score (nSPS) is 10.9. The van der Waals surface area contributed by atoms with E-state index in [-0.39, 0.29) is 0 Å². The molecule has 0 saturated heterocycles. The zero-order valence-electron chi connectivity index (χ0n) is 13.9. The van der Waals surface area contributed by atoms with Crippen molar-refractivity contribution in [2.45, 2.75) is 20.8 Å². The van der Waals surface area contributed by atoms with Crippen molar-refractivity contribution < 1.29 is 4.74 Å². The monoisotopic (exact) mass is 310 g/mol. The van der Waals surface area contributed by atoms with E-state index in [1.54, 1.807) is 4.80 Å². The maximum Gasteiger partial charge on any atom is 0.121 e. The summed E-state index contributed by atoms with van der Waals surface area (Å²) < 4.78 is 5.51. The highest BCUT2D eigenvalue weighted by molar-refractivity contribution is 5.75. The fraction of sp³-hybridized carbons (Fsp3) is 0.333. The van der Waals surface area contributed by atoms with Crippen molar-refractivity contribution in [3.63, 3.8) is 0 Å². The predicted molar refractivity (Wildman–Crippen MR) is 93.6 cm³/mol. The number of fused-ring (bicyclic) bond motifs is 1. The zero-order chi connectivity index (χ0) is 16.2. The molecular formula is C18H22N4O. The van der Waals surface area contributed by atoms with Crippen molar-refractivity contribution in [2.24, 2.45) is 0 Å². The molecule has 0 unspecified atom stereocenters. The van der Waals surface area contributed by atoms with Crippen LogP contribution >= 0.6 is 0 Å². The van der Waals surface area contributed by atoms with Crippen LogP contribution < -0.4 is 9.64 Å². The molecule has 0 N–H and O–H groups in total. The van der Waals surface area contributed by atoms with Gasteiger partial charge in [0.2, 0.25) is 0 Å². The van der Waals surface area contributed by atoms with Gasteiger partial charge in [0.25, 0.3) is 0 Å². The summed E-state index contributed by atoms with van der Waals surface area (Å²) in [7, 11) is 0. The summed E-state index contributed by atoms with van der Waals surface area (Å²) in [5.74, 6) is 0.823. The van der Waals surface area contributed by atoms with Crippen LogP contribution in [-0.4, -0.2) is 34.7 Å². The summed E-state index contributed by atoms with van der Waals surface area (Å²) in [4.78, 5) is 3.98. The molecule has 0 radical (unpaired) electrons. The topological polar surface area (TPSA) is 43.2 Å². The highest BCUT2D eigenvalue weighted by Gasteiger charge is 2.07. The molecule has 1 aromatic heterocycles. The van der Waals surface area contributed by atoms with Crippen LogP contribution in [-0.2, 0) is 0 Å². The van der Waals surface area contributed by atoms with Crippen molar-refractivity contribution >= 4 is 16.7 Å². The van der Waals surface area contributed by atoms with Gasteiger partial charge in [-0.15, -0.1) is 10.2 Å². The molecule has 0 aliphatic heterocycles. The Labute approximate surface area is 136 Å². The summed E-state index contributed by atoms with van der Waals surface area (Å²) in [6, 6.07) is 14.1. The molecule has 3 aromatic rings. The maximum absolute atomic E-state index is 5.51. The standard InChI is InChI=1S/C18H22N4O/c1-4-21(5-2)14-7-9-15(10-8-14)22-19-17-12-11-16(23-6-3)13-18(17)20-22/h7-13H,4-6H2,1-3H3. The van der Waals surface area contributed by atoms with Crippen molar-refractivity contribution in [1.82, 2.24) is 15.0 Å². The van der Waals surface area contributed by atoms with E-state index in [1.807, 2.05) is 25.1 Å². The Balaban J connectivity index is 1.90. The summed E-state index contributed by atoms with van der Waals surface area (Å²) in [6.07, 6.45) is 0. The molecule has 23 heavy (non-hydrogen) atoms. The van der Waals surface area contributed by atoms with Gasteiger partial charge in [0.15, 0.2) is 0 Å². The summed E-state index contributed by atoms with van der Waals surface area (Å²) in [5.41, 5.74) is 3.87. The molecule has 0 saturated carbocycles. The van der Waals surface area contributed by atoms with Gasteiger partial charge < -0.3 is 9.64 Å². The van der Waals surface area contributed by atoms with Crippen molar-refractivity contribution in [1.29, 1.82) is 0 Å². The van der Waals surface area contributed by atoms with E-state index in [2.05, 4.69) is 53.2 Å². The lowest BCUT2D eigenvalue weighted by Gasteiger charge is -2.20. The number of hydrogen-bond donors (Lipinski definition) is 0. The highest BCUT2D eigenvalue weighted by atomic mass is 16.5. The molecule has 2 aromatic carbocycles. The lowest BCUT2D eigenvalue weighted by atomic mass is 10.2. The third-order valence-electron chi connectivity index (χ3n) is 3.87. The van der Waals surface area contributed by atoms with Crippen LogP contribution in [0.5, 0.6) is 5.75 Å². The van der Waals surface area contributed by atoms with E-state index < -0.39 is 0 Å². The first kappa shape index (κ1) is 15.3. The van der Waals surface area contributed by atoms with E-state index >= 15 is 0 Å². The first-order valence-electron chi connectivity index (χ1n) is 8.10. The van der Waals surface area contributed by atoms with Crippen molar-refractivity contribution in [3.05, 3.63) is 42.5 Å². The van der Waals surface area contributed by atoms with Crippen LogP contribution in [0.4, 0.5) is 5.69 Å². The Kier molecular flexibility index (Phi) is 4.46. The number of ether oxygens (including phenoxy) is 1. The van der Waals surface area contributed by atoms with E-state index in [0.717, 1.165) is 35.6 Å². The molecule has 120 valence electrons. The molecule has 0 spiro atoms. The second-order valence-electron chi connectivity index (χ2n) is 5.26. The number of aromatic nitrogens is 3. The fourth-order valence-electron chi connectivity index (χ4n) is 2.65. The zero-order valence-corrected chi connectivity index (χ0v) is 13.9. The quantitative estimate of drug-likeness (QED) is 0.697. The van der Waals surface area contributed by atoms with Gasteiger partial charge >= 0.3 is 0 Å². The van der Waals surface area contributed by atoms with Gasteiger partial charge in [-0.1, -0.05) is 0 Å². The molecule has 0 atom stereocenters. The number of hydrogen-bond acceptors (Lipinski definition) is 4. The average molecular weight is 310 g/mol. The Morgan fingerprint density at radius 3 is 2.26 bits per heavy atom. The van der Waals surface area contributed by atoms with Crippen LogP contribution in [0.2, 0.25) is 0 Å². The molecule has 0 amide bonds. The molecule has 5 nitrogen and oxygen atoms in total. The SMILES string of the molecule is CCOc1ccc2nn(-c3ccc(N(CC)CC)cc3)nc2c1. The Morgan fingerprint density at radius 2 is 1.61 bits per heavy atom. The average Bonchev–Trinajstić information content (AvgIpc) is 3.00. The van der Waals surface area contributed by atoms with E-state index in [0.29, 0.717) is 6.61 Å². The highest BCUT2D eigenvalue weighted by Crippen LogP contribution is 2.20. The lowest BCUT2D eigenvalue weighted by Crippen LogP contribution is -2.21. The minimum absolute atomic E-state index is 0.645. The van der Waals surface area contributed by atoms with Gasteiger partial charge in [-0.25, -0.2) is 0 Å². The minimum Gasteiger partial charge on any atom is -0.494 e.